The molecule has 0 fully saturated rings. The van der Waals surface area contributed by atoms with Gasteiger partial charge in [0.05, 0.1) is 27.7 Å². The normalized spacial score (nSPS) is 15.3. The van der Waals surface area contributed by atoms with E-state index in [1.54, 1.807) is 0 Å². The van der Waals surface area contributed by atoms with Gasteiger partial charge in [0.25, 0.3) is 0 Å². The Morgan fingerprint density at radius 3 is 1.98 bits per heavy atom. The number of ether oxygens (including phenoxy) is 1. The molecular formula is C52H35N3O. The second-order valence-corrected chi connectivity index (χ2v) is 14.5. The fourth-order valence-corrected chi connectivity index (χ4v) is 9.32. The molecule has 1 aliphatic heterocycles. The Morgan fingerprint density at radius 2 is 1.25 bits per heavy atom. The van der Waals surface area contributed by atoms with Crippen molar-refractivity contribution in [3.63, 3.8) is 0 Å². The van der Waals surface area contributed by atoms with Crippen molar-refractivity contribution < 1.29 is 4.74 Å². The average Bonchev–Trinajstić information content (AvgIpc) is 3.72. The van der Waals surface area contributed by atoms with Gasteiger partial charge < -0.3 is 9.30 Å². The zero-order valence-electron chi connectivity index (χ0n) is 30.8. The molecule has 7 aromatic carbocycles. The van der Waals surface area contributed by atoms with Gasteiger partial charge >= 0.3 is 0 Å². The number of benzene rings is 7. The highest BCUT2D eigenvalue weighted by atomic mass is 16.5. The summed E-state index contributed by atoms with van der Waals surface area (Å²) in [6.07, 6.45) is 6.37. The van der Waals surface area contributed by atoms with E-state index < -0.39 is 5.41 Å². The van der Waals surface area contributed by atoms with E-state index in [2.05, 4.69) is 176 Å². The van der Waals surface area contributed by atoms with Crippen LogP contribution in [0.2, 0.25) is 0 Å². The number of para-hydroxylation sites is 4. The Hall–Kier alpha value is -7.30. The summed E-state index contributed by atoms with van der Waals surface area (Å²) in [5.74, 6) is 2.44. The molecule has 1 aliphatic carbocycles. The number of fused-ring (bicyclic) bond motifs is 10. The van der Waals surface area contributed by atoms with Gasteiger partial charge in [0.15, 0.2) is 5.82 Å². The summed E-state index contributed by atoms with van der Waals surface area (Å²) in [5.41, 5.74) is 13.8. The van der Waals surface area contributed by atoms with Crippen molar-refractivity contribution in [1.82, 2.24) is 14.5 Å². The maximum absolute atomic E-state index is 6.62. The summed E-state index contributed by atoms with van der Waals surface area (Å²) >= 11 is 0. The highest BCUT2D eigenvalue weighted by molar-refractivity contribution is 6.12. The van der Waals surface area contributed by atoms with E-state index >= 15 is 0 Å². The molecule has 0 N–H and O–H groups in total. The van der Waals surface area contributed by atoms with E-state index in [0.717, 1.165) is 67.1 Å². The minimum atomic E-state index is -0.611. The van der Waals surface area contributed by atoms with Gasteiger partial charge in [-0.1, -0.05) is 128 Å². The fourth-order valence-electron chi connectivity index (χ4n) is 9.32. The number of allylic oxidation sites excluding steroid dienone is 5. The Bertz CT molecular complexity index is 3090. The second-order valence-electron chi connectivity index (χ2n) is 14.5. The smallest absolute Gasteiger partial charge is 0.160 e. The molecule has 11 rings (SSSR count). The van der Waals surface area contributed by atoms with Gasteiger partial charge in [-0.15, -0.1) is 0 Å². The lowest BCUT2D eigenvalue weighted by atomic mass is 9.65. The molecule has 9 aromatic rings. The molecule has 0 saturated carbocycles. The summed E-state index contributed by atoms with van der Waals surface area (Å²) < 4.78 is 9.02. The van der Waals surface area contributed by atoms with Gasteiger partial charge in [0.1, 0.15) is 11.5 Å². The molecule has 4 heteroatoms. The maximum Gasteiger partial charge on any atom is 0.160 e. The molecule has 56 heavy (non-hydrogen) atoms. The number of nitrogens with zero attached hydrogens (tertiary/aromatic N) is 3. The predicted octanol–water partition coefficient (Wildman–Crippen LogP) is 13.0. The molecular weight excluding hydrogens is 683 g/mol. The molecule has 0 bridgehead atoms. The highest BCUT2D eigenvalue weighted by Crippen LogP contribution is 2.63. The Kier molecular flexibility index (Phi) is 7.10. The van der Waals surface area contributed by atoms with Gasteiger partial charge in [0.2, 0.25) is 0 Å². The molecule has 1 spiro atoms. The van der Waals surface area contributed by atoms with E-state index in [0.29, 0.717) is 5.82 Å². The van der Waals surface area contributed by atoms with Crippen LogP contribution in [-0.2, 0) is 5.41 Å². The van der Waals surface area contributed by atoms with Crippen molar-refractivity contribution in [3.8, 4) is 39.8 Å². The molecule has 0 radical (unpaired) electrons. The largest absolute Gasteiger partial charge is 0.457 e. The third kappa shape index (κ3) is 4.47. The first-order valence-electron chi connectivity index (χ1n) is 19.1. The molecule has 0 saturated heterocycles. The second kappa shape index (κ2) is 12.4. The van der Waals surface area contributed by atoms with Gasteiger partial charge in [-0.2, -0.15) is 0 Å². The molecule has 0 atom stereocenters. The molecule has 4 nitrogen and oxygen atoms in total. The molecule has 2 aliphatic rings. The molecule has 2 aromatic heterocycles. The number of aromatic nitrogens is 3. The van der Waals surface area contributed by atoms with Crippen LogP contribution in [0.5, 0.6) is 11.5 Å². The van der Waals surface area contributed by atoms with E-state index in [1.807, 2.05) is 24.3 Å². The summed E-state index contributed by atoms with van der Waals surface area (Å²) in [6, 6.07) is 57.8. The van der Waals surface area contributed by atoms with Crippen molar-refractivity contribution in [3.05, 3.63) is 216 Å². The van der Waals surface area contributed by atoms with Crippen LogP contribution in [0.4, 0.5) is 0 Å². The van der Waals surface area contributed by atoms with Gasteiger partial charge in [-0.05, 0) is 89.9 Å². The van der Waals surface area contributed by atoms with Crippen LogP contribution >= 0.6 is 0 Å². The van der Waals surface area contributed by atoms with Crippen LogP contribution in [0.1, 0.15) is 29.2 Å². The monoisotopic (exact) mass is 717 g/mol. The maximum atomic E-state index is 6.62. The predicted molar refractivity (Wildman–Crippen MR) is 230 cm³/mol. The van der Waals surface area contributed by atoms with Crippen molar-refractivity contribution in [2.75, 3.05) is 0 Å². The zero-order chi connectivity index (χ0) is 37.4. The molecule has 0 unspecified atom stereocenters. The van der Waals surface area contributed by atoms with E-state index in [9.17, 15) is 0 Å². The Morgan fingerprint density at radius 1 is 0.589 bits per heavy atom. The molecule has 264 valence electrons. The lowest BCUT2D eigenvalue weighted by molar-refractivity contribution is 0.436. The lowest BCUT2D eigenvalue weighted by Crippen LogP contribution is -2.32. The van der Waals surface area contributed by atoms with Crippen LogP contribution in [0.3, 0.4) is 0 Å². The Balaban J connectivity index is 1.15. The molecule has 3 heterocycles. The third-order valence-corrected chi connectivity index (χ3v) is 11.6. The number of hydrogen-bond donors (Lipinski definition) is 0. The standard InChI is InChI=1S/C52H35N3O/c1-3-16-41-36(4-2)39-31-40-37-19-9-13-24-46(37)55(47(40)32-44(39)52(41)42-21-10-14-25-48(42)56-49-26-15-11-22-43(49)52)35-29-27-34(28-30-35)51-53-45-23-12-8-20-38(45)50(54-51)33-17-6-5-7-18-33/h3-32H,1H2,2H3/b36-4-,41-16?. The van der Waals surface area contributed by atoms with Crippen molar-refractivity contribution in [1.29, 1.82) is 0 Å². The number of rotatable bonds is 4. The van der Waals surface area contributed by atoms with Crippen molar-refractivity contribution in [2.45, 2.75) is 12.3 Å². The van der Waals surface area contributed by atoms with Crippen molar-refractivity contribution >= 4 is 38.3 Å². The minimum Gasteiger partial charge on any atom is -0.457 e. The quantitative estimate of drug-likeness (QED) is 0.182. The van der Waals surface area contributed by atoms with Crippen LogP contribution < -0.4 is 4.74 Å². The molecule has 0 amide bonds. The third-order valence-electron chi connectivity index (χ3n) is 11.6. The van der Waals surface area contributed by atoms with E-state index in [1.165, 1.54) is 33.0 Å². The van der Waals surface area contributed by atoms with E-state index in [4.69, 9.17) is 14.7 Å². The lowest BCUT2D eigenvalue weighted by Gasteiger charge is -2.39. The van der Waals surface area contributed by atoms with Gasteiger partial charge in [0, 0.05) is 44.1 Å². The first-order valence-corrected chi connectivity index (χ1v) is 19.1. The first kappa shape index (κ1) is 32.2. The van der Waals surface area contributed by atoms with E-state index in [-0.39, 0.29) is 0 Å². The summed E-state index contributed by atoms with van der Waals surface area (Å²) in [7, 11) is 0. The van der Waals surface area contributed by atoms with Crippen molar-refractivity contribution in [2.24, 2.45) is 0 Å². The van der Waals surface area contributed by atoms with Crippen LogP contribution in [0.15, 0.2) is 194 Å². The van der Waals surface area contributed by atoms with Gasteiger partial charge in [-0.25, -0.2) is 9.97 Å². The highest BCUT2D eigenvalue weighted by Gasteiger charge is 2.52. The summed E-state index contributed by atoms with van der Waals surface area (Å²) in [4.78, 5) is 10.2. The topological polar surface area (TPSA) is 39.9 Å². The SMILES string of the molecule is C=CC=C1/C(=C\C)c2cc3c4ccccc4n(-c4ccc(-c5nc(-c6ccccc6)c6ccccc6n5)cc4)c3cc2C12c1ccccc1Oc1ccccc12. The van der Waals surface area contributed by atoms with Gasteiger partial charge in [-0.3, -0.25) is 0 Å². The first-order chi connectivity index (χ1) is 27.7. The van der Waals surface area contributed by atoms with Crippen LogP contribution in [0.25, 0.3) is 66.6 Å². The number of hydrogen-bond acceptors (Lipinski definition) is 3. The minimum absolute atomic E-state index is 0.611. The fraction of sp³-hybridized carbons (Fsp3) is 0.0385. The van der Waals surface area contributed by atoms with Crippen LogP contribution in [-0.4, -0.2) is 14.5 Å². The Labute approximate surface area is 325 Å². The summed E-state index contributed by atoms with van der Waals surface area (Å²) in [6.45, 7) is 6.34. The zero-order valence-corrected chi connectivity index (χ0v) is 30.8. The summed E-state index contributed by atoms with van der Waals surface area (Å²) in [5, 5.41) is 3.45. The van der Waals surface area contributed by atoms with Crippen LogP contribution in [0, 0.1) is 0 Å². The average molecular weight is 718 g/mol.